The van der Waals surface area contributed by atoms with E-state index in [2.05, 4.69) is 9.97 Å². The Hall–Kier alpha value is -1.32. The fraction of sp³-hybridized carbons (Fsp3) is 0.500. The topological polar surface area (TPSA) is 71.8 Å². The molecule has 4 heteroatoms. The molecule has 0 spiro atoms. The van der Waals surface area contributed by atoms with E-state index >= 15 is 0 Å². The van der Waals surface area contributed by atoms with Crippen molar-refractivity contribution in [3.63, 3.8) is 0 Å². The second kappa shape index (κ2) is 2.62. The van der Waals surface area contributed by atoms with Crippen molar-refractivity contribution >= 4 is 5.82 Å². The molecule has 1 aromatic rings. The Morgan fingerprint density at radius 3 is 2.50 bits per heavy atom. The Balaban J connectivity index is 3.27. The number of aromatic amines is 1. The predicted molar refractivity (Wildman–Crippen MR) is 48.0 cm³/mol. The van der Waals surface area contributed by atoms with E-state index in [4.69, 9.17) is 5.73 Å². The first-order valence-electron chi connectivity index (χ1n) is 3.77. The van der Waals surface area contributed by atoms with E-state index in [9.17, 15) is 4.79 Å². The molecule has 0 aliphatic rings. The lowest BCUT2D eigenvalue weighted by molar-refractivity contribution is 0.564. The summed E-state index contributed by atoms with van der Waals surface area (Å²) >= 11 is 0. The van der Waals surface area contributed by atoms with Crippen LogP contribution in [0.4, 0.5) is 5.82 Å². The second-order valence-corrected chi connectivity index (χ2v) is 3.77. The molecule has 1 aromatic heterocycles. The number of nitrogens with one attached hydrogen (secondary N) is 1. The zero-order valence-electron chi connectivity index (χ0n) is 7.51. The number of aromatic nitrogens is 2. The Labute approximate surface area is 70.8 Å². The summed E-state index contributed by atoms with van der Waals surface area (Å²) in [6.07, 6.45) is 0. The van der Waals surface area contributed by atoms with Crippen LogP contribution in [0.1, 0.15) is 26.5 Å². The van der Waals surface area contributed by atoms with Gasteiger partial charge in [-0.2, -0.15) is 4.98 Å². The maximum Gasteiger partial charge on any atom is 0.347 e. The number of nitrogens with two attached hydrogens (primary N) is 1. The van der Waals surface area contributed by atoms with E-state index in [-0.39, 0.29) is 16.9 Å². The van der Waals surface area contributed by atoms with Crippen LogP contribution in [0, 0.1) is 0 Å². The number of nitrogens with zero attached hydrogens (tertiary/aromatic N) is 1. The molecule has 0 atom stereocenters. The van der Waals surface area contributed by atoms with Crippen molar-refractivity contribution in [1.82, 2.24) is 9.97 Å². The molecule has 0 aliphatic carbocycles. The summed E-state index contributed by atoms with van der Waals surface area (Å²) in [7, 11) is 0. The lowest BCUT2D eigenvalue weighted by Crippen LogP contribution is -2.22. The predicted octanol–water partition coefficient (Wildman–Crippen LogP) is 0.650. The van der Waals surface area contributed by atoms with Crippen molar-refractivity contribution in [2.45, 2.75) is 26.2 Å². The van der Waals surface area contributed by atoms with Gasteiger partial charge in [0.25, 0.3) is 0 Å². The van der Waals surface area contributed by atoms with Crippen LogP contribution in [0.15, 0.2) is 10.9 Å². The van der Waals surface area contributed by atoms with Crippen molar-refractivity contribution in [2.24, 2.45) is 0 Å². The average molecular weight is 167 g/mol. The first-order chi connectivity index (χ1) is 5.39. The van der Waals surface area contributed by atoms with Gasteiger partial charge >= 0.3 is 5.69 Å². The molecule has 0 bridgehead atoms. The van der Waals surface area contributed by atoms with Gasteiger partial charge in [0.1, 0.15) is 5.82 Å². The highest BCUT2D eigenvalue weighted by Crippen LogP contribution is 2.18. The van der Waals surface area contributed by atoms with Gasteiger partial charge in [-0.3, -0.25) is 0 Å². The van der Waals surface area contributed by atoms with Crippen LogP contribution in [0.3, 0.4) is 0 Å². The van der Waals surface area contributed by atoms with E-state index in [1.807, 2.05) is 20.8 Å². The number of nitrogen functional groups attached to an aromatic ring is 1. The van der Waals surface area contributed by atoms with Crippen molar-refractivity contribution in [3.05, 3.63) is 22.2 Å². The van der Waals surface area contributed by atoms with Crippen LogP contribution in [-0.2, 0) is 5.41 Å². The summed E-state index contributed by atoms with van der Waals surface area (Å²) in [4.78, 5) is 17.1. The van der Waals surface area contributed by atoms with Gasteiger partial charge < -0.3 is 10.7 Å². The van der Waals surface area contributed by atoms with Crippen LogP contribution in [0.5, 0.6) is 0 Å². The molecule has 1 rings (SSSR count). The zero-order valence-corrected chi connectivity index (χ0v) is 7.51. The summed E-state index contributed by atoms with van der Waals surface area (Å²) in [6, 6.07) is 1.68. The first kappa shape index (κ1) is 8.77. The van der Waals surface area contributed by atoms with Crippen LogP contribution in [-0.4, -0.2) is 9.97 Å². The minimum absolute atomic E-state index is 0.101. The van der Waals surface area contributed by atoms with E-state index in [0.29, 0.717) is 0 Å². The second-order valence-electron chi connectivity index (χ2n) is 3.77. The van der Waals surface area contributed by atoms with E-state index in [0.717, 1.165) is 5.69 Å². The molecular weight excluding hydrogens is 154 g/mol. The van der Waals surface area contributed by atoms with Crippen LogP contribution in [0.25, 0.3) is 0 Å². The minimum Gasteiger partial charge on any atom is -0.383 e. The van der Waals surface area contributed by atoms with Gasteiger partial charge in [0.15, 0.2) is 0 Å². The largest absolute Gasteiger partial charge is 0.383 e. The van der Waals surface area contributed by atoms with E-state index in [1.54, 1.807) is 6.07 Å². The summed E-state index contributed by atoms with van der Waals surface area (Å²) < 4.78 is 0. The van der Waals surface area contributed by atoms with Gasteiger partial charge in [-0.15, -0.1) is 0 Å². The van der Waals surface area contributed by atoms with Gasteiger partial charge in [-0.05, 0) is 0 Å². The normalized spacial score (nSPS) is 11.6. The SMILES string of the molecule is CC(C)(C)c1cc(N)nc(=O)[nH]1. The van der Waals surface area contributed by atoms with Gasteiger partial charge in [0.2, 0.25) is 0 Å². The molecule has 0 amide bonds. The number of hydrogen-bond donors (Lipinski definition) is 2. The van der Waals surface area contributed by atoms with Crippen molar-refractivity contribution < 1.29 is 0 Å². The fourth-order valence-electron chi connectivity index (χ4n) is 0.881. The highest BCUT2D eigenvalue weighted by Gasteiger charge is 2.15. The van der Waals surface area contributed by atoms with E-state index in [1.165, 1.54) is 0 Å². The van der Waals surface area contributed by atoms with Gasteiger partial charge in [0.05, 0.1) is 0 Å². The number of H-pyrrole nitrogens is 1. The minimum atomic E-state index is -0.389. The Bertz CT molecular complexity index is 335. The quantitative estimate of drug-likeness (QED) is 0.596. The third-order valence-electron chi connectivity index (χ3n) is 1.57. The summed E-state index contributed by atoms with van der Waals surface area (Å²) in [5.74, 6) is 0.267. The third kappa shape index (κ3) is 1.84. The fourth-order valence-corrected chi connectivity index (χ4v) is 0.881. The monoisotopic (exact) mass is 167 g/mol. The molecule has 66 valence electrons. The van der Waals surface area contributed by atoms with Gasteiger partial charge in [-0.25, -0.2) is 4.79 Å². The maximum absolute atomic E-state index is 10.9. The standard InChI is InChI=1S/C8H13N3O/c1-8(2,3)5-4-6(9)11-7(12)10-5/h4H,1-3H3,(H3,9,10,11,12). The van der Waals surface area contributed by atoms with Gasteiger partial charge in [-0.1, -0.05) is 20.8 Å². The number of hydrogen-bond acceptors (Lipinski definition) is 3. The van der Waals surface area contributed by atoms with Crippen molar-refractivity contribution in [2.75, 3.05) is 5.73 Å². The summed E-state index contributed by atoms with van der Waals surface area (Å²) in [5, 5.41) is 0. The van der Waals surface area contributed by atoms with Crippen LogP contribution in [0.2, 0.25) is 0 Å². The molecule has 1 heterocycles. The molecule has 0 fully saturated rings. The molecule has 0 saturated heterocycles. The lowest BCUT2D eigenvalue weighted by Gasteiger charge is -2.17. The molecular formula is C8H13N3O. The zero-order chi connectivity index (χ0) is 9.35. The Kier molecular flexibility index (Phi) is 1.92. The van der Waals surface area contributed by atoms with Crippen LogP contribution < -0.4 is 11.4 Å². The lowest BCUT2D eigenvalue weighted by atomic mass is 9.92. The number of anilines is 1. The Morgan fingerprint density at radius 2 is 2.08 bits per heavy atom. The molecule has 0 aliphatic heterocycles. The van der Waals surface area contributed by atoms with Crippen molar-refractivity contribution in [3.8, 4) is 0 Å². The highest BCUT2D eigenvalue weighted by molar-refractivity contribution is 5.30. The average Bonchev–Trinajstić information content (AvgIpc) is 1.82. The molecule has 3 N–H and O–H groups in total. The summed E-state index contributed by atoms with van der Waals surface area (Å²) in [6.45, 7) is 5.99. The Morgan fingerprint density at radius 1 is 1.50 bits per heavy atom. The molecule has 0 aromatic carbocycles. The maximum atomic E-state index is 10.9. The van der Waals surface area contributed by atoms with Gasteiger partial charge in [0, 0.05) is 17.2 Å². The molecule has 0 radical (unpaired) electrons. The molecule has 4 nitrogen and oxygen atoms in total. The molecule has 0 unspecified atom stereocenters. The smallest absolute Gasteiger partial charge is 0.347 e. The third-order valence-corrected chi connectivity index (χ3v) is 1.57. The molecule has 12 heavy (non-hydrogen) atoms. The van der Waals surface area contributed by atoms with Crippen molar-refractivity contribution in [1.29, 1.82) is 0 Å². The summed E-state index contributed by atoms with van der Waals surface area (Å²) in [5.41, 5.74) is 5.74. The highest BCUT2D eigenvalue weighted by atomic mass is 16.1. The van der Waals surface area contributed by atoms with E-state index < -0.39 is 0 Å². The van der Waals surface area contributed by atoms with Crippen LogP contribution >= 0.6 is 0 Å². The molecule has 0 saturated carbocycles. The number of rotatable bonds is 0. The first-order valence-corrected chi connectivity index (χ1v) is 3.77.